The Bertz CT molecular complexity index is 426. The third-order valence-electron chi connectivity index (χ3n) is 6.33. The summed E-state index contributed by atoms with van der Waals surface area (Å²) < 4.78 is 1.12. The minimum absolute atomic E-state index is 0.220. The van der Waals surface area contributed by atoms with E-state index in [1.165, 1.54) is 122 Å². The Hall–Kier alpha value is -0.830. The second-order valence-electron chi connectivity index (χ2n) is 11.2. The van der Waals surface area contributed by atoms with E-state index in [0.29, 0.717) is 0 Å². The normalized spacial score (nSPS) is 11.6. The smallest absolute Gasteiger partial charge is 0.0780 e. The second kappa shape index (κ2) is 28.4. The number of allylic oxidation sites excluding steroid dienone is 2. The van der Waals surface area contributed by atoms with E-state index in [9.17, 15) is 9.90 Å². The fourth-order valence-corrected chi connectivity index (χ4v) is 4.06. The van der Waals surface area contributed by atoms with Crippen molar-refractivity contribution < 1.29 is 14.4 Å². The van der Waals surface area contributed by atoms with Crippen LogP contribution in [0.25, 0.3) is 0 Å². The summed E-state index contributed by atoms with van der Waals surface area (Å²) in [6.45, 7) is 5.86. The average Bonchev–Trinajstić information content (AvgIpc) is 2.78. The van der Waals surface area contributed by atoms with Crippen molar-refractivity contribution in [3.63, 3.8) is 0 Å². The van der Waals surface area contributed by atoms with Crippen molar-refractivity contribution >= 4 is 5.97 Å². The van der Waals surface area contributed by atoms with Gasteiger partial charge in [-0.1, -0.05) is 116 Å². The van der Waals surface area contributed by atoms with Gasteiger partial charge >= 0.3 is 0 Å². The van der Waals surface area contributed by atoms with Crippen molar-refractivity contribution in [3.05, 3.63) is 12.2 Å². The minimum Gasteiger partial charge on any atom is -0.550 e. The van der Waals surface area contributed by atoms with E-state index >= 15 is 0 Å². The third kappa shape index (κ3) is 38.4. The lowest BCUT2D eigenvalue weighted by Gasteiger charge is -2.23. The molecule has 0 atom stereocenters. The Balaban J connectivity index is 0. The average molecular weight is 482 g/mol. The maximum atomic E-state index is 10.2. The molecular weight excluding hydrogens is 418 g/mol. The summed E-state index contributed by atoms with van der Waals surface area (Å²) >= 11 is 0. The predicted molar refractivity (Wildman–Crippen MR) is 150 cm³/mol. The number of unbranched alkanes of at least 4 members (excludes halogenated alkanes) is 18. The van der Waals surface area contributed by atoms with Crippen LogP contribution < -0.4 is 5.11 Å². The molecule has 0 N–H and O–H groups in total. The van der Waals surface area contributed by atoms with Crippen LogP contribution in [-0.4, -0.2) is 38.1 Å². The number of carbonyl (C=O) groups is 1. The Morgan fingerprint density at radius 3 is 1.29 bits per heavy atom. The quantitative estimate of drug-likeness (QED) is 0.0786. The van der Waals surface area contributed by atoms with Crippen LogP contribution in [0.4, 0.5) is 0 Å². The van der Waals surface area contributed by atoms with Gasteiger partial charge in [0.1, 0.15) is 0 Å². The van der Waals surface area contributed by atoms with Crippen molar-refractivity contribution in [1.82, 2.24) is 0 Å². The van der Waals surface area contributed by atoms with E-state index < -0.39 is 5.97 Å². The maximum absolute atomic E-state index is 10.2. The summed E-state index contributed by atoms with van der Waals surface area (Å²) in [6.07, 6.45) is 32.3. The summed E-state index contributed by atoms with van der Waals surface area (Å²) in [7, 11) is 6.84. The lowest BCUT2D eigenvalue weighted by atomic mass is 10.1. The van der Waals surface area contributed by atoms with E-state index in [2.05, 4.69) is 47.1 Å². The highest BCUT2D eigenvalue weighted by Crippen LogP contribution is 2.10. The first kappa shape index (κ1) is 35.3. The third-order valence-corrected chi connectivity index (χ3v) is 6.33. The molecule has 0 spiro atoms. The highest BCUT2D eigenvalue weighted by Gasteiger charge is 2.04. The molecule has 0 saturated carbocycles. The SMILES string of the molecule is CCCCCCCC/C=C\CCCCCCCC(=O)[O-].CCCCCCCCCC[N+](C)(C)C. The molecule has 0 heterocycles. The fourth-order valence-electron chi connectivity index (χ4n) is 4.06. The molecule has 0 bridgehead atoms. The molecule has 0 unspecified atom stereocenters. The number of hydrogen-bond donors (Lipinski definition) is 0. The van der Waals surface area contributed by atoms with Crippen LogP contribution in [0.3, 0.4) is 0 Å². The topological polar surface area (TPSA) is 40.1 Å². The molecule has 0 aromatic rings. The number of aliphatic carboxylic acids is 1. The number of hydrogen-bond acceptors (Lipinski definition) is 2. The first-order chi connectivity index (χ1) is 16.3. The van der Waals surface area contributed by atoms with Gasteiger partial charge in [0.15, 0.2) is 0 Å². The van der Waals surface area contributed by atoms with Crippen molar-refractivity contribution in [2.75, 3.05) is 27.7 Å². The molecule has 0 aliphatic carbocycles. The minimum atomic E-state index is -0.914. The largest absolute Gasteiger partial charge is 0.550 e. The lowest BCUT2D eigenvalue weighted by molar-refractivity contribution is -0.870. The number of rotatable bonds is 24. The molecule has 3 heteroatoms. The lowest BCUT2D eigenvalue weighted by Crippen LogP contribution is -2.35. The molecule has 0 aliphatic heterocycles. The molecule has 0 radical (unpaired) electrons. The van der Waals surface area contributed by atoms with Crippen LogP contribution in [-0.2, 0) is 4.79 Å². The first-order valence-corrected chi connectivity index (χ1v) is 15.0. The highest BCUT2D eigenvalue weighted by atomic mass is 16.4. The van der Waals surface area contributed by atoms with Gasteiger partial charge in [-0.15, -0.1) is 0 Å². The summed E-state index contributed by atoms with van der Waals surface area (Å²) in [5.41, 5.74) is 0. The first-order valence-electron chi connectivity index (χ1n) is 15.0. The summed E-state index contributed by atoms with van der Waals surface area (Å²) in [5, 5.41) is 10.2. The van der Waals surface area contributed by atoms with Crippen molar-refractivity contribution in [2.24, 2.45) is 0 Å². The van der Waals surface area contributed by atoms with Crippen molar-refractivity contribution in [1.29, 1.82) is 0 Å². The predicted octanol–water partition coefficient (Wildman–Crippen LogP) is 8.61. The number of nitrogens with zero attached hydrogens (tertiary/aromatic N) is 1. The zero-order valence-corrected chi connectivity index (χ0v) is 24.2. The highest BCUT2D eigenvalue weighted by molar-refractivity contribution is 5.64. The van der Waals surface area contributed by atoms with E-state index in [0.717, 1.165) is 23.7 Å². The standard InChI is InChI=1S/C18H34O2.C13H30N/c1-2-3-4-5-6-7-8-9-10-11-12-13-14-15-16-17-18(19)20;1-5-6-7-8-9-10-11-12-13-14(2,3)4/h9-10H,2-8,11-17H2,1H3,(H,19,20);5-13H2,1-4H3/q;+1/p-1/b10-9-;. The van der Waals surface area contributed by atoms with E-state index in [4.69, 9.17) is 0 Å². The van der Waals surface area contributed by atoms with Gasteiger partial charge in [-0.3, -0.25) is 0 Å². The van der Waals surface area contributed by atoms with Crippen LogP contribution in [0.5, 0.6) is 0 Å². The van der Waals surface area contributed by atoms with E-state index in [1.807, 2.05) is 0 Å². The Labute approximate surface area is 215 Å². The second-order valence-corrected chi connectivity index (χ2v) is 11.2. The van der Waals surface area contributed by atoms with Gasteiger partial charge in [-0.2, -0.15) is 0 Å². The van der Waals surface area contributed by atoms with Gasteiger partial charge < -0.3 is 14.4 Å². The Morgan fingerprint density at radius 1 is 0.559 bits per heavy atom. The molecule has 0 rings (SSSR count). The number of carbonyl (C=O) groups excluding carboxylic acids is 1. The number of quaternary nitrogens is 1. The Kier molecular flexibility index (Phi) is 29.5. The van der Waals surface area contributed by atoms with Crippen molar-refractivity contribution in [3.8, 4) is 0 Å². The molecule has 3 nitrogen and oxygen atoms in total. The molecule has 34 heavy (non-hydrogen) atoms. The Morgan fingerprint density at radius 2 is 0.912 bits per heavy atom. The molecule has 204 valence electrons. The maximum Gasteiger partial charge on any atom is 0.0780 e. The van der Waals surface area contributed by atoms with Crippen LogP contribution in [0.1, 0.15) is 155 Å². The van der Waals surface area contributed by atoms with E-state index in [-0.39, 0.29) is 6.42 Å². The van der Waals surface area contributed by atoms with E-state index in [1.54, 1.807) is 0 Å². The number of carboxylic acid groups (broad SMARTS) is 1. The molecule has 0 fully saturated rings. The van der Waals surface area contributed by atoms with Gasteiger partial charge in [-0.05, 0) is 51.4 Å². The molecule has 0 aromatic carbocycles. The molecule has 0 aliphatic rings. The van der Waals surface area contributed by atoms with Crippen LogP contribution in [0, 0.1) is 0 Å². The van der Waals surface area contributed by atoms with Crippen LogP contribution >= 0.6 is 0 Å². The zero-order valence-electron chi connectivity index (χ0n) is 24.2. The van der Waals surface area contributed by atoms with Gasteiger partial charge in [0.25, 0.3) is 0 Å². The van der Waals surface area contributed by atoms with Crippen LogP contribution in [0.15, 0.2) is 12.2 Å². The van der Waals surface area contributed by atoms with Gasteiger partial charge in [0.05, 0.1) is 27.7 Å². The van der Waals surface area contributed by atoms with Gasteiger partial charge in [0.2, 0.25) is 0 Å². The van der Waals surface area contributed by atoms with Gasteiger partial charge in [-0.25, -0.2) is 0 Å². The summed E-state index contributed by atoms with van der Waals surface area (Å²) in [4.78, 5) is 10.2. The van der Waals surface area contributed by atoms with Crippen LogP contribution in [0.2, 0.25) is 0 Å². The summed E-state index contributed by atoms with van der Waals surface area (Å²) in [6, 6.07) is 0. The molecular formula is C31H63NO2. The molecule has 0 amide bonds. The summed E-state index contributed by atoms with van der Waals surface area (Å²) in [5.74, 6) is -0.914. The number of carboxylic acids is 1. The molecule has 0 saturated heterocycles. The van der Waals surface area contributed by atoms with Crippen molar-refractivity contribution in [2.45, 2.75) is 155 Å². The molecule has 0 aromatic heterocycles. The van der Waals surface area contributed by atoms with Gasteiger partial charge in [0, 0.05) is 5.97 Å². The zero-order chi connectivity index (χ0) is 25.8. The fraction of sp³-hybridized carbons (Fsp3) is 0.903. The monoisotopic (exact) mass is 481 g/mol.